The van der Waals surface area contributed by atoms with Gasteiger partial charge in [0, 0.05) is 7.37 Å². The van der Waals surface area contributed by atoms with E-state index in [1.54, 1.807) is 24.3 Å². The van der Waals surface area contributed by atoms with Crippen LogP contribution in [-0.4, -0.2) is 6.16 Å². The van der Waals surface area contributed by atoms with Gasteiger partial charge < -0.3 is 9.46 Å². The fraction of sp³-hybridized carbons (Fsp3) is 0.750. The van der Waals surface area contributed by atoms with Crippen LogP contribution in [-0.2, 0) is 4.57 Å². The van der Waals surface area contributed by atoms with Crippen molar-refractivity contribution in [3.63, 3.8) is 0 Å². The van der Waals surface area contributed by atoms with Crippen LogP contribution in [0.5, 0.6) is 0 Å². The Kier molecular flexibility index (Phi) is 14.8. The van der Waals surface area contributed by atoms with Crippen LogP contribution in [0.1, 0.15) is 110 Å². The van der Waals surface area contributed by atoms with Gasteiger partial charge in [0.05, 0.1) is 0 Å². The molecular weight excluding hydrogens is 351 g/mol. The van der Waals surface area contributed by atoms with Gasteiger partial charge >= 0.3 is 0 Å². The van der Waals surface area contributed by atoms with Gasteiger partial charge in [0.1, 0.15) is 0 Å². The maximum atomic E-state index is 12.2. The third kappa shape index (κ3) is 13.3. The van der Waals surface area contributed by atoms with E-state index in [2.05, 4.69) is 6.92 Å². The first kappa shape index (κ1) is 24.4. The van der Waals surface area contributed by atoms with E-state index in [1.807, 2.05) is 6.07 Å². The van der Waals surface area contributed by atoms with Gasteiger partial charge in [0.25, 0.3) is 0 Å². The molecule has 0 amide bonds. The summed E-state index contributed by atoms with van der Waals surface area (Å²) in [5.41, 5.74) is 0. The molecule has 0 heterocycles. The van der Waals surface area contributed by atoms with Crippen molar-refractivity contribution >= 4 is 12.7 Å². The highest BCUT2D eigenvalue weighted by atomic mass is 31.2. The average Bonchev–Trinajstić information content (AvgIpc) is 2.68. The number of hydrogen-bond donors (Lipinski definition) is 0. The molecule has 0 saturated carbocycles. The van der Waals surface area contributed by atoms with E-state index in [1.165, 1.54) is 89.9 Å². The van der Waals surface area contributed by atoms with Gasteiger partial charge in [0.15, 0.2) is 0 Å². The molecule has 1 rings (SSSR count). The summed E-state index contributed by atoms with van der Waals surface area (Å²) in [5.74, 6) is 0. The zero-order valence-corrected chi connectivity index (χ0v) is 18.6. The maximum absolute atomic E-state index is 12.2. The fourth-order valence-electron chi connectivity index (χ4n) is 3.65. The van der Waals surface area contributed by atoms with E-state index in [4.69, 9.17) is 0 Å². The minimum Gasteiger partial charge on any atom is -0.796 e. The lowest BCUT2D eigenvalue weighted by Gasteiger charge is -2.23. The molecule has 0 saturated heterocycles. The lowest BCUT2D eigenvalue weighted by molar-refractivity contribution is -0.171. The van der Waals surface area contributed by atoms with Crippen molar-refractivity contribution in [3.8, 4) is 0 Å². The molecule has 0 aliphatic heterocycles. The molecule has 0 N–H and O–H groups in total. The summed E-state index contributed by atoms with van der Waals surface area (Å²) >= 11 is 0. The molecule has 3 heteroatoms. The second kappa shape index (κ2) is 16.4. The van der Waals surface area contributed by atoms with Crippen molar-refractivity contribution in [2.75, 3.05) is 6.16 Å². The molecule has 0 aliphatic rings. The molecule has 0 bridgehead atoms. The molecule has 0 aromatic heterocycles. The van der Waals surface area contributed by atoms with E-state index in [-0.39, 0.29) is 0 Å². The van der Waals surface area contributed by atoms with E-state index in [9.17, 15) is 9.46 Å². The van der Waals surface area contributed by atoms with Gasteiger partial charge in [-0.15, -0.1) is 0 Å². The Bertz CT molecular complexity index is 486. The molecule has 0 fully saturated rings. The highest BCUT2D eigenvalue weighted by Gasteiger charge is 2.09. The average molecular weight is 394 g/mol. The first-order valence-corrected chi connectivity index (χ1v) is 13.3. The van der Waals surface area contributed by atoms with Crippen LogP contribution in [0.25, 0.3) is 0 Å². The van der Waals surface area contributed by atoms with Gasteiger partial charge in [-0.2, -0.15) is 0 Å². The van der Waals surface area contributed by atoms with Crippen molar-refractivity contribution in [2.24, 2.45) is 0 Å². The normalized spacial score (nSPS) is 13.6. The predicted molar refractivity (Wildman–Crippen MR) is 118 cm³/mol. The molecule has 1 aromatic carbocycles. The van der Waals surface area contributed by atoms with Crippen molar-refractivity contribution in [1.29, 1.82) is 0 Å². The minimum absolute atomic E-state index is 0.315. The van der Waals surface area contributed by atoms with Crippen LogP contribution in [0.3, 0.4) is 0 Å². The Hall–Kier alpha value is -0.590. The Balaban J connectivity index is 1.84. The van der Waals surface area contributed by atoms with Crippen LogP contribution < -0.4 is 10.2 Å². The molecule has 1 aromatic rings. The molecular formula is C24H42O2P-. The summed E-state index contributed by atoms with van der Waals surface area (Å²) in [6, 6.07) is 8.87. The zero-order chi connectivity index (χ0) is 19.6. The topological polar surface area (TPSA) is 40.1 Å². The van der Waals surface area contributed by atoms with Crippen molar-refractivity contribution in [1.82, 2.24) is 0 Å². The van der Waals surface area contributed by atoms with Gasteiger partial charge in [-0.1, -0.05) is 134 Å². The standard InChI is InChI=1S/C24H43O2P/c1-2-3-4-5-6-7-8-9-10-11-12-13-14-15-16-20-23-27(25,26)24-21-18-17-19-22-24/h17-19,21-22H,2-16,20,23H2,1H3,(H,25,26)/p-1. The first-order chi connectivity index (χ1) is 13.2. The quantitative estimate of drug-likeness (QED) is 0.195. The van der Waals surface area contributed by atoms with Crippen molar-refractivity contribution in [3.05, 3.63) is 30.3 Å². The van der Waals surface area contributed by atoms with E-state index < -0.39 is 7.37 Å². The molecule has 1 atom stereocenters. The largest absolute Gasteiger partial charge is 0.796 e. The van der Waals surface area contributed by atoms with E-state index >= 15 is 0 Å². The minimum atomic E-state index is -3.38. The summed E-state index contributed by atoms with van der Waals surface area (Å²) in [5, 5.41) is 0.492. The smallest absolute Gasteiger partial charge is 0.0433 e. The van der Waals surface area contributed by atoms with Gasteiger partial charge in [-0.05, 0) is 17.9 Å². The Labute approximate surface area is 168 Å². The van der Waals surface area contributed by atoms with Crippen LogP contribution in [0, 0.1) is 0 Å². The molecule has 2 nitrogen and oxygen atoms in total. The molecule has 0 radical (unpaired) electrons. The van der Waals surface area contributed by atoms with Crippen LogP contribution in [0.15, 0.2) is 30.3 Å². The molecule has 156 valence electrons. The zero-order valence-electron chi connectivity index (χ0n) is 17.7. The van der Waals surface area contributed by atoms with Gasteiger partial charge in [-0.25, -0.2) is 0 Å². The predicted octanol–water partition coefficient (Wildman–Crippen LogP) is 7.21. The van der Waals surface area contributed by atoms with E-state index in [0.29, 0.717) is 11.5 Å². The van der Waals surface area contributed by atoms with Crippen molar-refractivity contribution in [2.45, 2.75) is 110 Å². The summed E-state index contributed by atoms with van der Waals surface area (Å²) in [6.45, 7) is 2.27. The highest BCUT2D eigenvalue weighted by molar-refractivity contribution is 7.64. The number of benzene rings is 1. The fourth-order valence-corrected chi connectivity index (χ4v) is 5.18. The lowest BCUT2D eigenvalue weighted by Crippen LogP contribution is -2.17. The Morgan fingerprint density at radius 2 is 1.00 bits per heavy atom. The third-order valence-electron chi connectivity index (χ3n) is 5.46. The highest BCUT2D eigenvalue weighted by Crippen LogP contribution is 2.35. The molecule has 0 aliphatic carbocycles. The molecule has 0 spiro atoms. The van der Waals surface area contributed by atoms with Crippen LogP contribution in [0.4, 0.5) is 0 Å². The van der Waals surface area contributed by atoms with Gasteiger partial charge in [0.2, 0.25) is 0 Å². The lowest BCUT2D eigenvalue weighted by atomic mass is 10.0. The number of unbranched alkanes of at least 4 members (excludes halogenated alkanes) is 15. The third-order valence-corrected chi connectivity index (χ3v) is 7.45. The Morgan fingerprint density at radius 1 is 0.630 bits per heavy atom. The monoisotopic (exact) mass is 393 g/mol. The van der Waals surface area contributed by atoms with Crippen LogP contribution in [0.2, 0.25) is 0 Å². The van der Waals surface area contributed by atoms with E-state index in [0.717, 1.165) is 12.8 Å². The summed E-state index contributed by atoms with van der Waals surface area (Å²) in [7, 11) is -3.38. The SMILES string of the molecule is CCCCCCCCCCCCCCCCCCP(=O)([O-])c1ccccc1. The number of rotatable bonds is 18. The van der Waals surface area contributed by atoms with Crippen LogP contribution >= 0.6 is 7.37 Å². The Morgan fingerprint density at radius 3 is 1.41 bits per heavy atom. The summed E-state index contributed by atoms with van der Waals surface area (Å²) < 4.78 is 12.2. The maximum Gasteiger partial charge on any atom is 0.0433 e. The summed E-state index contributed by atoms with van der Waals surface area (Å²) in [4.78, 5) is 12.2. The van der Waals surface area contributed by atoms with Crippen molar-refractivity contribution < 1.29 is 9.46 Å². The number of hydrogen-bond acceptors (Lipinski definition) is 2. The summed E-state index contributed by atoms with van der Waals surface area (Å²) in [6.07, 6.45) is 21.3. The van der Waals surface area contributed by atoms with Gasteiger partial charge in [-0.3, -0.25) is 0 Å². The second-order valence-electron chi connectivity index (χ2n) is 8.04. The molecule has 1 unspecified atom stereocenters. The second-order valence-corrected chi connectivity index (χ2v) is 10.3. The molecule has 27 heavy (non-hydrogen) atoms. The first-order valence-electron chi connectivity index (χ1n) is 11.5.